The second kappa shape index (κ2) is 12.5. The molecule has 210 valence electrons. The molecule has 42 heavy (non-hydrogen) atoms. The first kappa shape index (κ1) is 28.3. The summed E-state index contributed by atoms with van der Waals surface area (Å²) in [7, 11) is 0. The van der Waals surface area contributed by atoms with Crippen molar-refractivity contribution in [3.63, 3.8) is 0 Å². The molecule has 9 heteroatoms. The van der Waals surface area contributed by atoms with Gasteiger partial charge >= 0.3 is 11.9 Å². The van der Waals surface area contributed by atoms with E-state index in [0.717, 1.165) is 16.0 Å². The molecule has 1 aliphatic heterocycles. The van der Waals surface area contributed by atoms with Crippen LogP contribution in [-0.2, 0) is 14.3 Å². The maximum Gasteiger partial charge on any atom is 0.343 e. The monoisotopic (exact) mass is 580 g/mol. The van der Waals surface area contributed by atoms with E-state index in [0.29, 0.717) is 35.6 Å². The molecule has 0 aromatic heterocycles. The quantitative estimate of drug-likeness (QED) is 0.136. The van der Waals surface area contributed by atoms with E-state index in [1.165, 1.54) is 36.4 Å². The summed E-state index contributed by atoms with van der Waals surface area (Å²) < 4.78 is 10.6. The zero-order valence-corrected chi connectivity index (χ0v) is 23.3. The van der Waals surface area contributed by atoms with Crippen LogP contribution in [0.1, 0.15) is 34.1 Å². The van der Waals surface area contributed by atoms with Crippen molar-refractivity contribution >= 4 is 46.7 Å². The minimum Gasteiger partial charge on any atom is -0.462 e. The Morgan fingerprint density at radius 1 is 0.738 bits per heavy atom. The van der Waals surface area contributed by atoms with Gasteiger partial charge in [-0.05, 0) is 78.2 Å². The largest absolute Gasteiger partial charge is 0.462 e. The normalized spacial score (nSPS) is 12.9. The van der Waals surface area contributed by atoms with Gasteiger partial charge in [0.2, 0.25) is 0 Å². The third-order valence-electron chi connectivity index (χ3n) is 6.39. The molecule has 1 aliphatic rings. The predicted molar refractivity (Wildman–Crippen MR) is 159 cm³/mol. The minimum atomic E-state index is -0.705. The topological polar surface area (TPSA) is 102 Å². The van der Waals surface area contributed by atoms with E-state index >= 15 is 0 Å². The highest BCUT2D eigenvalue weighted by molar-refractivity contribution is 6.53. The number of imide groups is 1. The number of halogens is 1. The number of esters is 2. The van der Waals surface area contributed by atoms with Crippen LogP contribution in [0.3, 0.4) is 0 Å². The van der Waals surface area contributed by atoms with Gasteiger partial charge in [0, 0.05) is 5.69 Å². The van der Waals surface area contributed by atoms with Crippen LogP contribution in [-0.4, -0.2) is 30.4 Å². The number of anilines is 2. The van der Waals surface area contributed by atoms with Gasteiger partial charge in [-0.1, -0.05) is 61.0 Å². The highest BCUT2D eigenvalue weighted by Crippen LogP contribution is 2.30. The van der Waals surface area contributed by atoms with E-state index in [1.54, 1.807) is 24.3 Å². The first-order valence-corrected chi connectivity index (χ1v) is 13.5. The zero-order valence-electron chi connectivity index (χ0n) is 22.5. The lowest BCUT2D eigenvalue weighted by Gasteiger charge is -2.15. The van der Waals surface area contributed by atoms with Gasteiger partial charge in [0.15, 0.2) is 0 Å². The van der Waals surface area contributed by atoms with Crippen LogP contribution in [0.5, 0.6) is 5.75 Å². The standard InChI is InChI=1S/C33H25ClN2O6/c1-2-20-41-32(39)23-10-16-26(17-11-23)36-30(37)28(34)29(31(36)38)35-25-14-8-24(9-15-25)33(40)42-27-18-12-22(13-19-27)21-6-4-3-5-7-21/h3-19,35H,2,20H2,1H3. The maximum absolute atomic E-state index is 13.1. The molecule has 0 unspecified atom stereocenters. The Balaban J connectivity index is 1.22. The first-order chi connectivity index (χ1) is 20.4. The molecule has 0 fully saturated rings. The van der Waals surface area contributed by atoms with E-state index < -0.39 is 23.8 Å². The molecule has 0 spiro atoms. The van der Waals surface area contributed by atoms with Gasteiger partial charge in [-0.25, -0.2) is 14.5 Å². The Kier molecular flexibility index (Phi) is 8.45. The SMILES string of the molecule is CCCOC(=O)c1ccc(N2C(=O)C(Cl)=C(Nc3ccc(C(=O)Oc4ccc(-c5ccccc5)cc4)cc3)C2=O)cc1. The molecule has 0 radical (unpaired) electrons. The fraction of sp³-hybridized carbons (Fsp3) is 0.0909. The van der Waals surface area contributed by atoms with Crippen LogP contribution in [0.2, 0.25) is 0 Å². The lowest BCUT2D eigenvalue weighted by Crippen LogP contribution is -2.32. The number of benzene rings is 4. The number of hydrogen-bond donors (Lipinski definition) is 1. The highest BCUT2D eigenvalue weighted by Gasteiger charge is 2.39. The van der Waals surface area contributed by atoms with Crippen molar-refractivity contribution in [3.8, 4) is 16.9 Å². The molecule has 8 nitrogen and oxygen atoms in total. The summed E-state index contributed by atoms with van der Waals surface area (Å²) in [5.74, 6) is -2.00. The molecule has 0 saturated carbocycles. The second-order valence-electron chi connectivity index (χ2n) is 9.30. The van der Waals surface area contributed by atoms with Crippen LogP contribution >= 0.6 is 11.6 Å². The third kappa shape index (κ3) is 6.09. The maximum atomic E-state index is 13.1. The van der Waals surface area contributed by atoms with Gasteiger partial charge in [-0.3, -0.25) is 9.59 Å². The van der Waals surface area contributed by atoms with Gasteiger partial charge in [0.25, 0.3) is 11.8 Å². The molecule has 0 saturated heterocycles. The molecular formula is C33H25ClN2O6. The molecule has 4 aromatic carbocycles. The summed E-state index contributed by atoms with van der Waals surface area (Å²) in [6.45, 7) is 2.18. The number of hydrogen-bond acceptors (Lipinski definition) is 7. The number of nitrogens with one attached hydrogen (secondary N) is 1. The Morgan fingerprint density at radius 2 is 1.33 bits per heavy atom. The Bertz CT molecular complexity index is 1660. The summed E-state index contributed by atoms with van der Waals surface area (Å²) in [5.41, 5.74) is 3.23. The number of nitrogens with zero attached hydrogens (tertiary/aromatic N) is 1. The molecule has 1 heterocycles. The summed E-state index contributed by atoms with van der Waals surface area (Å²) >= 11 is 6.24. The molecule has 1 N–H and O–H groups in total. The van der Waals surface area contributed by atoms with Crippen molar-refractivity contribution in [2.24, 2.45) is 0 Å². The molecule has 2 amide bonds. The van der Waals surface area contributed by atoms with Crippen LogP contribution in [0.4, 0.5) is 11.4 Å². The van der Waals surface area contributed by atoms with Gasteiger partial charge in [-0.2, -0.15) is 0 Å². The van der Waals surface area contributed by atoms with E-state index in [9.17, 15) is 19.2 Å². The molecule has 4 aromatic rings. The summed E-state index contributed by atoms with van der Waals surface area (Å²) in [6.07, 6.45) is 0.692. The van der Waals surface area contributed by atoms with Crippen molar-refractivity contribution in [2.75, 3.05) is 16.8 Å². The van der Waals surface area contributed by atoms with Crippen molar-refractivity contribution in [3.05, 3.63) is 125 Å². The van der Waals surface area contributed by atoms with Crippen molar-refractivity contribution in [2.45, 2.75) is 13.3 Å². The molecule has 0 atom stereocenters. The Hall–Kier alpha value is -5.21. The fourth-order valence-electron chi connectivity index (χ4n) is 4.22. The minimum absolute atomic E-state index is 0.109. The number of carbonyl (C=O) groups is 4. The van der Waals surface area contributed by atoms with Crippen molar-refractivity contribution < 1.29 is 28.7 Å². The van der Waals surface area contributed by atoms with E-state index in [-0.39, 0.29) is 16.4 Å². The predicted octanol–water partition coefficient (Wildman–Crippen LogP) is 6.58. The molecule has 0 bridgehead atoms. The van der Waals surface area contributed by atoms with Crippen molar-refractivity contribution in [1.82, 2.24) is 0 Å². The van der Waals surface area contributed by atoms with Gasteiger partial charge in [0.1, 0.15) is 16.5 Å². The van der Waals surface area contributed by atoms with E-state index in [4.69, 9.17) is 21.1 Å². The van der Waals surface area contributed by atoms with Crippen LogP contribution in [0, 0.1) is 0 Å². The zero-order chi connectivity index (χ0) is 29.6. The van der Waals surface area contributed by atoms with Crippen LogP contribution < -0.4 is 15.0 Å². The average molecular weight is 581 g/mol. The summed E-state index contributed by atoms with van der Waals surface area (Å²) in [4.78, 5) is 51.6. The highest BCUT2D eigenvalue weighted by atomic mass is 35.5. The van der Waals surface area contributed by atoms with Gasteiger partial charge in [0.05, 0.1) is 23.4 Å². The van der Waals surface area contributed by atoms with Gasteiger partial charge in [-0.15, -0.1) is 0 Å². The Labute approximate surface area is 247 Å². The lowest BCUT2D eigenvalue weighted by atomic mass is 10.1. The Morgan fingerprint density at radius 3 is 1.98 bits per heavy atom. The number of ether oxygens (including phenoxy) is 2. The first-order valence-electron chi connectivity index (χ1n) is 13.2. The molecule has 5 rings (SSSR count). The molecular weight excluding hydrogens is 556 g/mol. The van der Waals surface area contributed by atoms with E-state index in [1.807, 2.05) is 49.4 Å². The van der Waals surface area contributed by atoms with Crippen LogP contribution in [0.15, 0.2) is 114 Å². The fourth-order valence-corrected chi connectivity index (χ4v) is 4.43. The van der Waals surface area contributed by atoms with E-state index in [2.05, 4.69) is 5.32 Å². The van der Waals surface area contributed by atoms with Gasteiger partial charge < -0.3 is 14.8 Å². The second-order valence-corrected chi connectivity index (χ2v) is 9.68. The third-order valence-corrected chi connectivity index (χ3v) is 6.74. The summed E-state index contributed by atoms with van der Waals surface area (Å²) in [6, 6.07) is 29.2. The van der Waals surface area contributed by atoms with Crippen molar-refractivity contribution in [1.29, 1.82) is 0 Å². The smallest absolute Gasteiger partial charge is 0.343 e. The number of amides is 2. The lowest BCUT2D eigenvalue weighted by molar-refractivity contribution is -0.120. The number of rotatable bonds is 9. The number of carbonyl (C=O) groups excluding carboxylic acids is 4. The molecule has 0 aliphatic carbocycles. The van der Waals surface area contributed by atoms with Crippen LogP contribution in [0.25, 0.3) is 11.1 Å². The average Bonchev–Trinajstić information content (AvgIpc) is 3.23. The summed E-state index contributed by atoms with van der Waals surface area (Å²) in [5, 5.41) is 2.59.